The molecular formula is C9H9ClO2S. The van der Waals surface area contributed by atoms with Crippen LogP contribution in [0, 0.1) is 0 Å². The molecule has 0 saturated carbocycles. The van der Waals surface area contributed by atoms with E-state index in [1.807, 2.05) is 0 Å². The largest absolute Gasteiger partial charge is 0.481 e. The van der Waals surface area contributed by atoms with E-state index in [-0.39, 0.29) is 5.75 Å². The number of rotatable bonds is 3. The van der Waals surface area contributed by atoms with Gasteiger partial charge in [-0.15, -0.1) is 0 Å². The number of carboxylic acid groups (broad SMARTS) is 1. The van der Waals surface area contributed by atoms with Crippen molar-refractivity contribution < 1.29 is 9.90 Å². The van der Waals surface area contributed by atoms with E-state index in [2.05, 4.69) is 12.6 Å². The van der Waals surface area contributed by atoms with Gasteiger partial charge in [0.15, 0.2) is 0 Å². The topological polar surface area (TPSA) is 37.3 Å². The van der Waals surface area contributed by atoms with Crippen molar-refractivity contribution in [3.63, 3.8) is 0 Å². The zero-order valence-corrected chi connectivity index (χ0v) is 8.42. The summed E-state index contributed by atoms with van der Waals surface area (Å²) >= 11 is 9.65. The van der Waals surface area contributed by atoms with Crippen LogP contribution in [0.4, 0.5) is 0 Å². The lowest BCUT2D eigenvalue weighted by Crippen LogP contribution is -2.12. The Labute approximate surface area is 86.9 Å². The van der Waals surface area contributed by atoms with Gasteiger partial charge in [-0.25, -0.2) is 0 Å². The van der Waals surface area contributed by atoms with Crippen LogP contribution in [0.25, 0.3) is 0 Å². The molecule has 1 unspecified atom stereocenters. The fraction of sp³-hybridized carbons (Fsp3) is 0.222. The van der Waals surface area contributed by atoms with E-state index in [0.717, 1.165) is 5.56 Å². The molecular weight excluding hydrogens is 208 g/mol. The predicted octanol–water partition coefficient (Wildman–Crippen LogP) is 2.44. The van der Waals surface area contributed by atoms with Crippen molar-refractivity contribution in [1.82, 2.24) is 0 Å². The molecule has 70 valence electrons. The fourth-order valence-corrected chi connectivity index (χ4v) is 1.51. The van der Waals surface area contributed by atoms with E-state index in [1.165, 1.54) is 0 Å². The molecule has 0 fully saturated rings. The van der Waals surface area contributed by atoms with Gasteiger partial charge in [-0.3, -0.25) is 4.79 Å². The zero-order valence-electron chi connectivity index (χ0n) is 6.77. The van der Waals surface area contributed by atoms with Gasteiger partial charge in [0.2, 0.25) is 0 Å². The van der Waals surface area contributed by atoms with E-state index in [9.17, 15) is 4.79 Å². The van der Waals surface area contributed by atoms with Crippen molar-refractivity contribution in [2.45, 2.75) is 5.92 Å². The van der Waals surface area contributed by atoms with Crippen molar-refractivity contribution in [1.29, 1.82) is 0 Å². The SMILES string of the molecule is O=C(O)C(CS)c1ccc(Cl)cc1. The Kier molecular flexibility index (Phi) is 3.63. The summed E-state index contributed by atoms with van der Waals surface area (Å²) in [4.78, 5) is 10.7. The summed E-state index contributed by atoms with van der Waals surface area (Å²) in [6, 6.07) is 6.77. The number of benzene rings is 1. The molecule has 13 heavy (non-hydrogen) atoms. The van der Waals surface area contributed by atoms with E-state index in [1.54, 1.807) is 24.3 Å². The quantitative estimate of drug-likeness (QED) is 0.762. The van der Waals surface area contributed by atoms with Crippen LogP contribution in [0.5, 0.6) is 0 Å². The summed E-state index contributed by atoms with van der Waals surface area (Å²) < 4.78 is 0. The molecule has 0 aliphatic heterocycles. The van der Waals surface area contributed by atoms with Gasteiger partial charge < -0.3 is 5.11 Å². The minimum Gasteiger partial charge on any atom is -0.481 e. The Hall–Kier alpha value is -0.670. The molecule has 1 aromatic rings. The number of aliphatic carboxylic acids is 1. The Morgan fingerprint density at radius 2 is 2.00 bits per heavy atom. The first-order valence-electron chi connectivity index (χ1n) is 3.74. The molecule has 0 aliphatic rings. The van der Waals surface area contributed by atoms with Gasteiger partial charge in [0.05, 0.1) is 5.92 Å². The highest BCUT2D eigenvalue weighted by Gasteiger charge is 2.17. The molecule has 1 aromatic carbocycles. The maximum absolute atomic E-state index is 10.7. The molecule has 0 aromatic heterocycles. The van der Waals surface area contributed by atoms with Crippen LogP contribution in [-0.2, 0) is 4.79 Å². The average Bonchev–Trinajstić information content (AvgIpc) is 2.09. The van der Waals surface area contributed by atoms with E-state index in [0.29, 0.717) is 5.02 Å². The van der Waals surface area contributed by atoms with Crippen LogP contribution >= 0.6 is 24.2 Å². The number of hydrogen-bond donors (Lipinski definition) is 2. The molecule has 2 nitrogen and oxygen atoms in total. The van der Waals surface area contributed by atoms with Crippen molar-refractivity contribution in [2.24, 2.45) is 0 Å². The van der Waals surface area contributed by atoms with Crippen LogP contribution in [0.3, 0.4) is 0 Å². The molecule has 1 rings (SSSR count). The van der Waals surface area contributed by atoms with Gasteiger partial charge in [0, 0.05) is 10.8 Å². The summed E-state index contributed by atoms with van der Waals surface area (Å²) in [5.74, 6) is -1.13. The molecule has 0 saturated heterocycles. The second-order valence-corrected chi connectivity index (χ2v) is 3.43. The first kappa shape index (κ1) is 10.4. The van der Waals surface area contributed by atoms with Crippen LogP contribution in [0.15, 0.2) is 24.3 Å². The Bertz CT molecular complexity index is 297. The van der Waals surface area contributed by atoms with Crippen LogP contribution in [-0.4, -0.2) is 16.8 Å². The Morgan fingerprint density at radius 3 is 2.38 bits per heavy atom. The van der Waals surface area contributed by atoms with Gasteiger partial charge in [-0.2, -0.15) is 12.6 Å². The molecule has 0 spiro atoms. The summed E-state index contributed by atoms with van der Waals surface area (Å²) in [6.45, 7) is 0. The van der Waals surface area contributed by atoms with Crippen LogP contribution in [0.2, 0.25) is 5.02 Å². The average molecular weight is 217 g/mol. The number of halogens is 1. The molecule has 0 aliphatic carbocycles. The lowest BCUT2D eigenvalue weighted by molar-refractivity contribution is -0.138. The number of thiol groups is 1. The molecule has 0 heterocycles. The Morgan fingerprint density at radius 1 is 1.46 bits per heavy atom. The zero-order chi connectivity index (χ0) is 9.84. The molecule has 0 amide bonds. The van der Waals surface area contributed by atoms with Crippen molar-refractivity contribution in [3.05, 3.63) is 34.9 Å². The highest BCUT2D eigenvalue weighted by atomic mass is 35.5. The third-order valence-corrected chi connectivity index (χ3v) is 2.37. The summed E-state index contributed by atoms with van der Waals surface area (Å²) in [7, 11) is 0. The molecule has 0 radical (unpaired) electrons. The first-order valence-corrected chi connectivity index (χ1v) is 4.75. The Balaban J connectivity index is 2.92. The van der Waals surface area contributed by atoms with E-state index >= 15 is 0 Å². The minimum absolute atomic E-state index is 0.289. The fourth-order valence-electron chi connectivity index (χ4n) is 1.02. The van der Waals surface area contributed by atoms with Gasteiger partial charge in [-0.05, 0) is 17.7 Å². The lowest BCUT2D eigenvalue weighted by atomic mass is 10.0. The highest BCUT2D eigenvalue weighted by molar-refractivity contribution is 7.80. The van der Waals surface area contributed by atoms with E-state index < -0.39 is 11.9 Å². The third kappa shape index (κ3) is 2.64. The van der Waals surface area contributed by atoms with Gasteiger partial charge in [0.1, 0.15) is 0 Å². The minimum atomic E-state index is -0.864. The smallest absolute Gasteiger partial charge is 0.311 e. The standard InChI is InChI=1S/C9H9ClO2S/c10-7-3-1-6(2-4-7)8(5-13)9(11)12/h1-4,8,13H,5H2,(H,11,12). The second kappa shape index (κ2) is 4.53. The van der Waals surface area contributed by atoms with Gasteiger partial charge >= 0.3 is 5.97 Å². The van der Waals surface area contributed by atoms with Gasteiger partial charge in [0.25, 0.3) is 0 Å². The van der Waals surface area contributed by atoms with Crippen molar-refractivity contribution in [3.8, 4) is 0 Å². The molecule has 1 N–H and O–H groups in total. The predicted molar refractivity (Wildman–Crippen MR) is 55.7 cm³/mol. The van der Waals surface area contributed by atoms with Crippen LogP contribution < -0.4 is 0 Å². The third-order valence-electron chi connectivity index (χ3n) is 1.75. The van der Waals surface area contributed by atoms with Crippen molar-refractivity contribution >= 4 is 30.2 Å². The number of hydrogen-bond acceptors (Lipinski definition) is 2. The van der Waals surface area contributed by atoms with Crippen LogP contribution in [0.1, 0.15) is 11.5 Å². The molecule has 4 heteroatoms. The number of carbonyl (C=O) groups is 1. The maximum Gasteiger partial charge on any atom is 0.311 e. The maximum atomic E-state index is 10.7. The summed E-state index contributed by atoms with van der Waals surface area (Å²) in [6.07, 6.45) is 0. The van der Waals surface area contributed by atoms with Crippen molar-refractivity contribution in [2.75, 3.05) is 5.75 Å². The van der Waals surface area contributed by atoms with Gasteiger partial charge in [-0.1, -0.05) is 23.7 Å². The van der Waals surface area contributed by atoms with E-state index in [4.69, 9.17) is 16.7 Å². The molecule has 1 atom stereocenters. The highest BCUT2D eigenvalue weighted by Crippen LogP contribution is 2.19. The number of carboxylic acids is 1. The lowest BCUT2D eigenvalue weighted by Gasteiger charge is -2.08. The first-order chi connectivity index (χ1) is 6.15. The monoisotopic (exact) mass is 216 g/mol. The second-order valence-electron chi connectivity index (χ2n) is 2.62. The normalized spacial score (nSPS) is 12.5. The molecule has 0 bridgehead atoms. The summed E-state index contributed by atoms with van der Waals surface area (Å²) in [5.41, 5.74) is 0.729. The summed E-state index contributed by atoms with van der Waals surface area (Å²) in [5, 5.41) is 9.42.